The molecule has 244 valence electrons. The number of allylic oxidation sites excluding steroid dienone is 2. The molecule has 0 aromatic rings. The number of halogens is 5. The molecule has 4 fully saturated rings. The standard InChI is InChI=1S/C28H36F5N5O6/c1-25(2,3)19(36-24(43)27(29,30)28(31,32)33)23(42)38-9-15-12-4-5-13(6-12)17(15)18(38)22(41)35-16(20(34)39)7-14-8-26(10-44-11-26)37-21(14)40/h4-5,12-19H,6-11H2,1-3H3,(H2,34,39)(H,35,41)(H,36,43)(H,37,40)/t12-,13+,14?,15-,16+,17+,18+,19-/m1/s1. The zero-order valence-electron chi connectivity index (χ0n) is 24.4. The molecular formula is C28H36F5N5O6. The zero-order valence-corrected chi connectivity index (χ0v) is 24.4. The van der Waals surface area contributed by atoms with Crippen LogP contribution in [-0.4, -0.2) is 90.0 Å². The Labute approximate surface area is 249 Å². The second-order valence-electron chi connectivity index (χ2n) is 13.8. The number of nitrogens with zero attached hydrogens (tertiary/aromatic N) is 1. The number of ether oxygens (including phenoxy) is 1. The first kappa shape index (κ1) is 32.1. The number of alkyl halides is 5. The maximum atomic E-state index is 14.0. The van der Waals surface area contributed by atoms with Gasteiger partial charge < -0.3 is 31.3 Å². The van der Waals surface area contributed by atoms with Crippen LogP contribution in [0.4, 0.5) is 22.0 Å². The third-order valence-electron chi connectivity index (χ3n) is 9.71. The summed E-state index contributed by atoms with van der Waals surface area (Å²) < 4.78 is 71.8. The van der Waals surface area contributed by atoms with Gasteiger partial charge in [-0.2, -0.15) is 22.0 Å². The van der Waals surface area contributed by atoms with E-state index < -0.39 is 76.6 Å². The van der Waals surface area contributed by atoms with Crippen LogP contribution in [0.25, 0.3) is 0 Å². The summed E-state index contributed by atoms with van der Waals surface area (Å²) in [7, 11) is 0. The highest BCUT2D eigenvalue weighted by Crippen LogP contribution is 2.54. The number of likely N-dealkylation sites (tertiary alicyclic amines) is 1. The highest BCUT2D eigenvalue weighted by Gasteiger charge is 2.65. The van der Waals surface area contributed by atoms with Gasteiger partial charge in [0.2, 0.25) is 23.6 Å². The zero-order chi connectivity index (χ0) is 32.6. The summed E-state index contributed by atoms with van der Waals surface area (Å²) in [6.45, 7) is 4.78. The van der Waals surface area contributed by atoms with Gasteiger partial charge in [0.05, 0.1) is 18.8 Å². The topological polar surface area (TPSA) is 160 Å². The molecular weight excluding hydrogens is 597 g/mol. The minimum absolute atomic E-state index is 0.00495. The second kappa shape index (κ2) is 10.7. The smallest absolute Gasteiger partial charge is 0.376 e. The van der Waals surface area contributed by atoms with Crippen molar-refractivity contribution in [3.8, 4) is 0 Å². The molecule has 5 amide bonds. The Morgan fingerprint density at radius 3 is 2.25 bits per heavy atom. The predicted octanol–water partition coefficient (Wildman–Crippen LogP) is 0.629. The molecule has 16 heteroatoms. The normalized spacial score (nSPS) is 31.7. The van der Waals surface area contributed by atoms with E-state index in [9.17, 15) is 45.9 Å². The Morgan fingerprint density at radius 2 is 1.73 bits per heavy atom. The molecule has 1 spiro atoms. The van der Waals surface area contributed by atoms with Crippen LogP contribution >= 0.6 is 0 Å². The predicted molar refractivity (Wildman–Crippen MR) is 141 cm³/mol. The average molecular weight is 634 g/mol. The minimum atomic E-state index is -6.19. The first-order chi connectivity index (χ1) is 20.3. The van der Waals surface area contributed by atoms with Gasteiger partial charge in [-0.05, 0) is 48.3 Å². The summed E-state index contributed by atoms with van der Waals surface area (Å²) >= 11 is 0. The van der Waals surface area contributed by atoms with E-state index in [1.54, 1.807) is 5.32 Å². The summed E-state index contributed by atoms with van der Waals surface area (Å²) in [5.74, 6) is -12.9. The van der Waals surface area contributed by atoms with Gasteiger partial charge in [-0.1, -0.05) is 32.9 Å². The van der Waals surface area contributed by atoms with E-state index in [1.165, 1.54) is 20.8 Å². The number of carbonyl (C=O) groups excluding carboxylic acids is 5. The molecule has 11 nitrogen and oxygen atoms in total. The van der Waals surface area contributed by atoms with E-state index in [-0.39, 0.29) is 36.6 Å². The van der Waals surface area contributed by atoms with Gasteiger partial charge in [-0.3, -0.25) is 24.0 Å². The van der Waals surface area contributed by atoms with Gasteiger partial charge in [-0.25, -0.2) is 0 Å². The van der Waals surface area contributed by atoms with Crippen molar-refractivity contribution in [3.05, 3.63) is 12.2 Å². The van der Waals surface area contributed by atoms with E-state index in [1.807, 2.05) is 12.2 Å². The lowest BCUT2D eigenvalue weighted by Gasteiger charge is -2.38. The van der Waals surface area contributed by atoms with E-state index in [2.05, 4.69) is 10.6 Å². The van der Waals surface area contributed by atoms with Crippen LogP contribution in [0.1, 0.15) is 40.0 Å². The van der Waals surface area contributed by atoms with Crippen LogP contribution in [0, 0.1) is 35.0 Å². The molecule has 8 atom stereocenters. The number of nitrogens with one attached hydrogen (secondary N) is 3. The third-order valence-corrected chi connectivity index (χ3v) is 9.71. The Hall–Kier alpha value is -3.30. The highest BCUT2D eigenvalue weighted by atomic mass is 19.4. The molecule has 3 heterocycles. The van der Waals surface area contributed by atoms with Gasteiger partial charge in [-0.15, -0.1) is 0 Å². The molecule has 5 N–H and O–H groups in total. The molecule has 1 saturated carbocycles. The maximum Gasteiger partial charge on any atom is 0.463 e. The van der Waals surface area contributed by atoms with Crippen molar-refractivity contribution < 1.29 is 50.7 Å². The lowest BCUT2D eigenvalue weighted by atomic mass is 9.81. The molecule has 0 aromatic heterocycles. The fraction of sp³-hybridized carbons (Fsp3) is 0.750. The van der Waals surface area contributed by atoms with E-state index >= 15 is 0 Å². The molecule has 3 aliphatic heterocycles. The van der Waals surface area contributed by atoms with Crippen molar-refractivity contribution in [2.45, 2.75) is 75.8 Å². The number of carbonyl (C=O) groups is 5. The molecule has 44 heavy (non-hydrogen) atoms. The first-order valence-corrected chi connectivity index (χ1v) is 14.5. The Balaban J connectivity index is 1.39. The molecule has 0 aromatic carbocycles. The van der Waals surface area contributed by atoms with Gasteiger partial charge in [0.1, 0.15) is 18.1 Å². The molecule has 2 bridgehead atoms. The van der Waals surface area contributed by atoms with Crippen molar-refractivity contribution >= 4 is 29.5 Å². The van der Waals surface area contributed by atoms with Crippen molar-refractivity contribution in [1.29, 1.82) is 0 Å². The lowest BCUT2D eigenvalue weighted by Crippen LogP contribution is -2.62. The largest absolute Gasteiger partial charge is 0.463 e. The fourth-order valence-corrected chi connectivity index (χ4v) is 7.44. The van der Waals surface area contributed by atoms with E-state index in [0.29, 0.717) is 26.1 Å². The Kier molecular flexibility index (Phi) is 7.77. The van der Waals surface area contributed by atoms with Crippen LogP contribution in [0.15, 0.2) is 12.2 Å². The van der Waals surface area contributed by atoms with Crippen LogP contribution in [0.2, 0.25) is 0 Å². The van der Waals surface area contributed by atoms with Gasteiger partial charge in [0.25, 0.3) is 0 Å². The molecule has 5 rings (SSSR count). The Bertz CT molecular complexity index is 1280. The van der Waals surface area contributed by atoms with Crippen molar-refractivity contribution in [3.63, 3.8) is 0 Å². The van der Waals surface area contributed by atoms with Crippen LogP contribution in [0.5, 0.6) is 0 Å². The fourth-order valence-electron chi connectivity index (χ4n) is 7.44. The number of hydrogen-bond acceptors (Lipinski definition) is 6. The van der Waals surface area contributed by atoms with E-state index in [4.69, 9.17) is 10.5 Å². The number of primary amides is 1. The van der Waals surface area contributed by atoms with E-state index in [0.717, 1.165) is 4.90 Å². The summed E-state index contributed by atoms with van der Waals surface area (Å²) in [4.78, 5) is 66.2. The monoisotopic (exact) mass is 633 g/mol. The summed E-state index contributed by atoms with van der Waals surface area (Å²) in [6.07, 6.45) is -1.33. The SMILES string of the molecule is CC(C)(C)[C@H](NC(=O)C(F)(F)C(F)(F)F)C(=O)N1C[C@H]2[C@@H]([C@H]1C(=O)N[C@@H](CC1CC3(COC3)NC1=O)C(N)=O)[C@H]1C=C[C@@H]2C1. The maximum absolute atomic E-state index is 14.0. The van der Waals surface area contributed by atoms with Crippen molar-refractivity contribution in [1.82, 2.24) is 20.9 Å². The molecule has 5 aliphatic rings. The van der Waals surface area contributed by atoms with Crippen LogP contribution < -0.4 is 21.7 Å². The number of fused-ring (bicyclic) bond motifs is 5. The van der Waals surface area contributed by atoms with Gasteiger partial charge >= 0.3 is 18.0 Å². The average Bonchev–Trinajstić information content (AvgIpc) is 3.65. The van der Waals surface area contributed by atoms with Gasteiger partial charge in [0, 0.05) is 12.5 Å². The molecule has 2 aliphatic carbocycles. The molecule has 1 unspecified atom stereocenters. The van der Waals surface area contributed by atoms with Gasteiger partial charge in [0.15, 0.2) is 0 Å². The lowest BCUT2D eigenvalue weighted by molar-refractivity contribution is -0.270. The second-order valence-corrected chi connectivity index (χ2v) is 13.8. The first-order valence-electron chi connectivity index (χ1n) is 14.5. The third kappa shape index (κ3) is 5.42. The highest BCUT2D eigenvalue weighted by molar-refractivity contribution is 5.96. The number of amides is 5. The number of nitrogens with two attached hydrogens (primary N) is 1. The van der Waals surface area contributed by atoms with Crippen LogP contribution in [0.3, 0.4) is 0 Å². The number of rotatable bonds is 8. The Morgan fingerprint density at radius 1 is 1.09 bits per heavy atom. The summed E-state index contributed by atoms with van der Waals surface area (Å²) in [5, 5.41) is 7.04. The minimum Gasteiger partial charge on any atom is -0.376 e. The molecule has 0 radical (unpaired) electrons. The number of hydrogen-bond donors (Lipinski definition) is 4. The quantitative estimate of drug-likeness (QED) is 0.227. The summed E-state index contributed by atoms with van der Waals surface area (Å²) in [6, 6.07) is -4.37. The van der Waals surface area contributed by atoms with Crippen molar-refractivity contribution in [2.24, 2.45) is 40.7 Å². The van der Waals surface area contributed by atoms with Crippen molar-refractivity contribution in [2.75, 3.05) is 19.8 Å². The summed E-state index contributed by atoms with van der Waals surface area (Å²) in [5.41, 5.74) is 3.74. The molecule has 3 saturated heterocycles. The van der Waals surface area contributed by atoms with Crippen LogP contribution in [-0.2, 0) is 28.7 Å².